The summed E-state index contributed by atoms with van der Waals surface area (Å²) in [7, 11) is -2.12. The molecule has 3 rings (SSSR count). The molecule has 132 valence electrons. The van der Waals surface area contributed by atoms with Crippen molar-refractivity contribution in [2.75, 3.05) is 24.2 Å². The van der Waals surface area contributed by atoms with Crippen molar-refractivity contribution < 1.29 is 17.9 Å². The summed E-state index contributed by atoms with van der Waals surface area (Å²) in [6.07, 6.45) is 5.73. The molecule has 0 aliphatic heterocycles. The van der Waals surface area contributed by atoms with Gasteiger partial charge in [-0.05, 0) is 43.2 Å². The Balaban J connectivity index is 1.74. The number of benzene rings is 1. The Hall–Kier alpha value is -1.76. The molecule has 2 aliphatic carbocycles. The monoisotopic (exact) mass is 352 g/mol. The molecule has 0 radical (unpaired) electrons. The van der Waals surface area contributed by atoms with Crippen LogP contribution in [0.25, 0.3) is 0 Å². The van der Waals surface area contributed by atoms with Crippen LogP contribution in [0.15, 0.2) is 24.3 Å². The van der Waals surface area contributed by atoms with E-state index in [1.54, 1.807) is 24.3 Å². The number of amides is 1. The second-order valence-electron chi connectivity index (χ2n) is 6.79. The van der Waals surface area contributed by atoms with Crippen molar-refractivity contribution >= 4 is 21.6 Å². The molecule has 0 spiro atoms. The van der Waals surface area contributed by atoms with Crippen molar-refractivity contribution in [2.24, 2.45) is 11.8 Å². The highest BCUT2D eigenvalue weighted by atomic mass is 32.2. The van der Waals surface area contributed by atoms with Crippen LogP contribution in [0.5, 0.6) is 5.75 Å². The molecule has 1 aromatic carbocycles. The zero-order valence-corrected chi connectivity index (χ0v) is 14.9. The molecule has 0 saturated heterocycles. The molecule has 2 aliphatic rings. The summed E-state index contributed by atoms with van der Waals surface area (Å²) >= 11 is 0. The number of sulfonamides is 1. The lowest BCUT2D eigenvalue weighted by Gasteiger charge is -2.27. The molecule has 2 fully saturated rings. The molecular weight excluding hydrogens is 328 g/mol. The first-order chi connectivity index (χ1) is 11.4. The van der Waals surface area contributed by atoms with Gasteiger partial charge in [0.2, 0.25) is 15.9 Å². The van der Waals surface area contributed by atoms with Crippen molar-refractivity contribution in [1.82, 2.24) is 5.32 Å². The number of carbonyl (C=O) groups excluding carboxylic acids is 1. The van der Waals surface area contributed by atoms with Gasteiger partial charge in [0.25, 0.3) is 0 Å². The summed E-state index contributed by atoms with van der Waals surface area (Å²) in [5, 5.41) is 3.03. The zero-order chi connectivity index (χ0) is 17.3. The summed E-state index contributed by atoms with van der Waals surface area (Å²) in [5.41, 5.74) is 0.380. The highest BCUT2D eigenvalue weighted by Crippen LogP contribution is 2.44. The molecule has 1 amide bonds. The van der Waals surface area contributed by atoms with E-state index in [-0.39, 0.29) is 18.5 Å². The maximum absolute atomic E-state index is 12.4. The Bertz CT molecular complexity index is 719. The smallest absolute Gasteiger partial charge is 0.241 e. The van der Waals surface area contributed by atoms with Gasteiger partial charge < -0.3 is 10.1 Å². The number of rotatable bonds is 6. The summed E-state index contributed by atoms with van der Waals surface area (Å²) in [6, 6.07) is 7.00. The third-order valence-electron chi connectivity index (χ3n) is 5.13. The number of fused-ring (bicyclic) bond motifs is 2. The molecule has 2 saturated carbocycles. The highest BCUT2D eigenvalue weighted by Gasteiger charge is 2.40. The maximum atomic E-state index is 12.4. The topological polar surface area (TPSA) is 75.7 Å². The van der Waals surface area contributed by atoms with Crippen LogP contribution >= 0.6 is 0 Å². The van der Waals surface area contributed by atoms with Crippen molar-refractivity contribution in [3.8, 4) is 5.75 Å². The SMILES string of the molecule is COc1ccccc1N(CC(=O)N[C@@H]1C[C@H]2CC[C@H]1C2)S(C)(=O)=O. The van der Waals surface area contributed by atoms with Crippen LogP contribution in [0.3, 0.4) is 0 Å². The third-order valence-corrected chi connectivity index (χ3v) is 6.25. The molecule has 0 unspecified atom stereocenters. The van der Waals surface area contributed by atoms with Crippen LogP contribution in [-0.2, 0) is 14.8 Å². The number of hydrogen-bond donors (Lipinski definition) is 1. The molecule has 2 bridgehead atoms. The van der Waals surface area contributed by atoms with Crippen LogP contribution in [0.4, 0.5) is 5.69 Å². The Kier molecular flexibility index (Phi) is 4.71. The van der Waals surface area contributed by atoms with Gasteiger partial charge in [-0.3, -0.25) is 9.10 Å². The van der Waals surface area contributed by atoms with Crippen molar-refractivity contribution in [3.63, 3.8) is 0 Å². The predicted octanol–water partition coefficient (Wildman–Crippen LogP) is 1.77. The van der Waals surface area contributed by atoms with Crippen molar-refractivity contribution in [3.05, 3.63) is 24.3 Å². The number of ether oxygens (including phenoxy) is 1. The Morgan fingerprint density at radius 1 is 1.29 bits per heavy atom. The van der Waals surface area contributed by atoms with E-state index in [0.29, 0.717) is 17.4 Å². The van der Waals surface area contributed by atoms with Crippen LogP contribution in [0.1, 0.15) is 25.7 Å². The number of methoxy groups -OCH3 is 1. The van der Waals surface area contributed by atoms with Gasteiger partial charge in [-0.2, -0.15) is 0 Å². The number of nitrogens with zero attached hydrogens (tertiary/aromatic N) is 1. The minimum absolute atomic E-state index is 0.190. The summed E-state index contributed by atoms with van der Waals surface area (Å²) in [5.74, 6) is 1.44. The third kappa shape index (κ3) is 3.50. The van der Waals surface area contributed by atoms with E-state index < -0.39 is 10.0 Å². The van der Waals surface area contributed by atoms with E-state index in [2.05, 4.69) is 5.32 Å². The van der Waals surface area contributed by atoms with Gasteiger partial charge in [-0.1, -0.05) is 18.6 Å². The van der Waals surface area contributed by atoms with E-state index in [1.807, 2.05) is 0 Å². The number of para-hydroxylation sites is 2. The quantitative estimate of drug-likeness (QED) is 0.846. The first-order valence-corrected chi connectivity index (χ1v) is 10.1. The molecule has 6 nitrogen and oxygen atoms in total. The van der Waals surface area contributed by atoms with Crippen LogP contribution < -0.4 is 14.4 Å². The fourth-order valence-corrected chi connectivity index (χ4v) is 4.88. The van der Waals surface area contributed by atoms with Gasteiger partial charge in [0.15, 0.2) is 0 Å². The van der Waals surface area contributed by atoms with E-state index in [1.165, 1.54) is 20.0 Å². The molecule has 7 heteroatoms. The fourth-order valence-electron chi connectivity index (χ4n) is 4.02. The number of hydrogen-bond acceptors (Lipinski definition) is 4. The molecule has 3 atom stereocenters. The van der Waals surface area contributed by atoms with E-state index in [9.17, 15) is 13.2 Å². The van der Waals surface area contributed by atoms with E-state index in [4.69, 9.17) is 4.74 Å². The summed E-state index contributed by atoms with van der Waals surface area (Å²) in [6.45, 7) is -0.229. The second kappa shape index (κ2) is 6.63. The first-order valence-electron chi connectivity index (χ1n) is 8.28. The lowest BCUT2D eigenvalue weighted by atomic mass is 9.95. The summed E-state index contributed by atoms with van der Waals surface area (Å²) < 4.78 is 30.7. The van der Waals surface area contributed by atoms with Crippen LogP contribution in [0.2, 0.25) is 0 Å². The van der Waals surface area contributed by atoms with Crippen LogP contribution in [0, 0.1) is 11.8 Å². The minimum atomic E-state index is -3.60. The molecule has 1 N–H and O–H groups in total. The maximum Gasteiger partial charge on any atom is 0.241 e. The van der Waals surface area contributed by atoms with Gasteiger partial charge >= 0.3 is 0 Å². The zero-order valence-electron chi connectivity index (χ0n) is 14.1. The van der Waals surface area contributed by atoms with Crippen molar-refractivity contribution in [2.45, 2.75) is 31.7 Å². The number of carbonyl (C=O) groups is 1. The Morgan fingerprint density at radius 3 is 2.62 bits per heavy atom. The Labute approximate surface area is 143 Å². The lowest BCUT2D eigenvalue weighted by Crippen LogP contribution is -2.45. The average Bonchev–Trinajstić information content (AvgIpc) is 3.14. The number of nitrogens with one attached hydrogen (secondary N) is 1. The molecule has 1 aromatic rings. The van der Waals surface area contributed by atoms with Gasteiger partial charge in [0, 0.05) is 6.04 Å². The molecular formula is C17H24N2O4S. The van der Waals surface area contributed by atoms with E-state index in [0.717, 1.165) is 29.3 Å². The minimum Gasteiger partial charge on any atom is -0.495 e. The lowest BCUT2D eigenvalue weighted by molar-refractivity contribution is -0.120. The Morgan fingerprint density at radius 2 is 2.04 bits per heavy atom. The van der Waals surface area contributed by atoms with E-state index >= 15 is 0 Å². The fraction of sp³-hybridized carbons (Fsp3) is 0.588. The highest BCUT2D eigenvalue weighted by molar-refractivity contribution is 7.92. The normalized spacial score (nSPS) is 25.5. The van der Waals surface area contributed by atoms with Crippen LogP contribution in [-0.4, -0.2) is 40.3 Å². The first kappa shape index (κ1) is 17.1. The molecule has 0 aromatic heterocycles. The second-order valence-corrected chi connectivity index (χ2v) is 8.70. The van der Waals surface area contributed by atoms with Gasteiger partial charge in [0.1, 0.15) is 12.3 Å². The van der Waals surface area contributed by atoms with Gasteiger partial charge in [0.05, 0.1) is 19.1 Å². The van der Waals surface area contributed by atoms with Crippen molar-refractivity contribution in [1.29, 1.82) is 0 Å². The standard InChI is InChI=1S/C17H24N2O4S/c1-23-16-6-4-3-5-15(16)19(24(2,21)22)11-17(20)18-14-10-12-7-8-13(14)9-12/h3-6,12-14H,7-11H2,1-2H3,(H,18,20)/t12-,13-,14+/m0/s1. The van der Waals surface area contributed by atoms with Gasteiger partial charge in [-0.25, -0.2) is 8.42 Å². The predicted molar refractivity (Wildman–Crippen MR) is 92.6 cm³/mol. The number of anilines is 1. The molecule has 24 heavy (non-hydrogen) atoms. The average molecular weight is 352 g/mol. The largest absolute Gasteiger partial charge is 0.495 e. The molecule has 0 heterocycles. The van der Waals surface area contributed by atoms with Gasteiger partial charge in [-0.15, -0.1) is 0 Å². The summed E-state index contributed by atoms with van der Waals surface area (Å²) in [4.78, 5) is 12.4.